The minimum Gasteiger partial charge on any atom is -0.450 e. The Hall–Kier alpha value is -2.71. The standard InChI is InChI=1S/C15H16F3N3O3/c1-3-24-14(23)19-12-9(2)13(22)21(20-12)8-10-4-6-11(7-5-10)15(16,17)18/h4-7,20H,3,8H2,1-2H3,(H,19,23). The first-order valence-corrected chi connectivity index (χ1v) is 7.11. The van der Waals surface area contributed by atoms with Crippen LogP contribution in [0.1, 0.15) is 23.6 Å². The van der Waals surface area contributed by atoms with Crippen molar-refractivity contribution in [3.8, 4) is 0 Å². The molecule has 0 saturated heterocycles. The number of ether oxygens (including phenoxy) is 1. The third kappa shape index (κ3) is 3.98. The van der Waals surface area contributed by atoms with Crippen molar-refractivity contribution in [2.24, 2.45) is 0 Å². The third-order valence-corrected chi connectivity index (χ3v) is 3.31. The maximum absolute atomic E-state index is 12.5. The highest BCUT2D eigenvalue weighted by atomic mass is 19.4. The molecular weight excluding hydrogens is 327 g/mol. The number of nitrogens with one attached hydrogen (secondary N) is 2. The molecule has 2 N–H and O–H groups in total. The van der Waals surface area contributed by atoms with Crippen LogP contribution < -0.4 is 10.9 Å². The average Bonchev–Trinajstić information content (AvgIpc) is 2.75. The molecule has 0 fully saturated rings. The van der Waals surface area contributed by atoms with Gasteiger partial charge in [-0.3, -0.25) is 15.2 Å². The van der Waals surface area contributed by atoms with Crippen molar-refractivity contribution in [3.05, 3.63) is 51.3 Å². The smallest absolute Gasteiger partial charge is 0.416 e. The van der Waals surface area contributed by atoms with Gasteiger partial charge >= 0.3 is 12.3 Å². The molecule has 0 atom stereocenters. The third-order valence-electron chi connectivity index (χ3n) is 3.31. The molecule has 1 heterocycles. The van der Waals surface area contributed by atoms with Gasteiger partial charge in [-0.05, 0) is 31.5 Å². The number of alkyl halides is 3. The van der Waals surface area contributed by atoms with Crippen molar-refractivity contribution < 1.29 is 22.7 Å². The molecule has 2 aromatic rings. The van der Waals surface area contributed by atoms with E-state index < -0.39 is 17.8 Å². The molecule has 0 bridgehead atoms. The molecule has 130 valence electrons. The summed E-state index contributed by atoms with van der Waals surface area (Å²) in [5.41, 5.74) is -0.364. The van der Waals surface area contributed by atoms with Crippen LogP contribution >= 0.6 is 0 Å². The van der Waals surface area contributed by atoms with Crippen molar-refractivity contribution in [1.29, 1.82) is 0 Å². The van der Waals surface area contributed by atoms with Crippen LogP contribution in [0.5, 0.6) is 0 Å². The molecule has 0 aliphatic heterocycles. The Bertz CT molecular complexity index is 776. The van der Waals surface area contributed by atoms with E-state index in [9.17, 15) is 22.8 Å². The number of rotatable bonds is 4. The number of nitrogens with zero attached hydrogens (tertiary/aromatic N) is 1. The number of carbonyl (C=O) groups is 1. The lowest BCUT2D eigenvalue weighted by Crippen LogP contribution is -2.18. The molecule has 24 heavy (non-hydrogen) atoms. The Morgan fingerprint density at radius 2 is 1.92 bits per heavy atom. The maximum atomic E-state index is 12.5. The molecule has 6 nitrogen and oxygen atoms in total. The van der Waals surface area contributed by atoms with Gasteiger partial charge < -0.3 is 4.74 Å². The number of carbonyl (C=O) groups excluding carboxylic acids is 1. The van der Waals surface area contributed by atoms with E-state index in [-0.39, 0.29) is 30.1 Å². The Kier molecular flexibility index (Phi) is 5.01. The number of aromatic nitrogens is 2. The summed E-state index contributed by atoms with van der Waals surface area (Å²) in [5.74, 6) is 0.186. The monoisotopic (exact) mass is 343 g/mol. The summed E-state index contributed by atoms with van der Waals surface area (Å²) in [6.07, 6.45) is -5.11. The predicted octanol–water partition coefficient (Wildman–Crippen LogP) is 3.12. The van der Waals surface area contributed by atoms with Crippen molar-refractivity contribution in [2.75, 3.05) is 11.9 Å². The first kappa shape index (κ1) is 17.6. The number of anilines is 1. The topological polar surface area (TPSA) is 76.1 Å². The van der Waals surface area contributed by atoms with Crippen molar-refractivity contribution in [2.45, 2.75) is 26.6 Å². The maximum Gasteiger partial charge on any atom is 0.416 e. The van der Waals surface area contributed by atoms with Gasteiger partial charge in [0, 0.05) is 0 Å². The van der Waals surface area contributed by atoms with Gasteiger partial charge in [0.15, 0.2) is 0 Å². The summed E-state index contributed by atoms with van der Waals surface area (Å²) >= 11 is 0. The van der Waals surface area contributed by atoms with E-state index in [4.69, 9.17) is 4.74 Å². The SMILES string of the molecule is CCOC(=O)Nc1[nH]n(Cc2ccc(C(F)(F)F)cc2)c(=O)c1C. The van der Waals surface area contributed by atoms with E-state index in [0.717, 1.165) is 12.1 Å². The molecule has 2 rings (SSSR count). The van der Waals surface area contributed by atoms with Crippen LogP contribution in [0.2, 0.25) is 0 Å². The molecule has 1 aromatic heterocycles. The van der Waals surface area contributed by atoms with E-state index in [2.05, 4.69) is 10.4 Å². The zero-order valence-corrected chi connectivity index (χ0v) is 13.0. The normalized spacial score (nSPS) is 11.4. The van der Waals surface area contributed by atoms with Gasteiger partial charge in [-0.1, -0.05) is 12.1 Å². The number of H-pyrrole nitrogens is 1. The Labute approximate surface area is 135 Å². The van der Waals surface area contributed by atoms with Gasteiger partial charge in [0.25, 0.3) is 5.56 Å². The summed E-state index contributed by atoms with van der Waals surface area (Å²) in [7, 11) is 0. The highest BCUT2D eigenvalue weighted by molar-refractivity contribution is 5.84. The number of amides is 1. The van der Waals surface area contributed by atoms with Crippen LogP contribution in [-0.2, 0) is 17.5 Å². The summed E-state index contributed by atoms with van der Waals surface area (Å²) in [6, 6.07) is 4.50. The predicted molar refractivity (Wildman–Crippen MR) is 81.0 cm³/mol. The fourth-order valence-electron chi connectivity index (χ4n) is 2.06. The van der Waals surface area contributed by atoms with Crippen LogP contribution in [0.25, 0.3) is 0 Å². The first-order chi connectivity index (χ1) is 11.2. The number of aromatic amines is 1. The zero-order valence-electron chi connectivity index (χ0n) is 13.0. The minimum atomic E-state index is -4.41. The van der Waals surface area contributed by atoms with Crippen molar-refractivity contribution in [3.63, 3.8) is 0 Å². The van der Waals surface area contributed by atoms with Gasteiger partial charge in [-0.15, -0.1) is 0 Å². The minimum absolute atomic E-state index is 0.0440. The Morgan fingerprint density at radius 3 is 2.46 bits per heavy atom. The van der Waals surface area contributed by atoms with E-state index in [1.807, 2.05) is 0 Å². The second kappa shape index (κ2) is 6.81. The first-order valence-electron chi connectivity index (χ1n) is 7.11. The van der Waals surface area contributed by atoms with Gasteiger partial charge in [0.05, 0.1) is 24.3 Å². The lowest BCUT2D eigenvalue weighted by Gasteiger charge is -2.08. The number of hydrogen-bond acceptors (Lipinski definition) is 3. The summed E-state index contributed by atoms with van der Waals surface area (Å²) in [6.45, 7) is 3.39. The number of halogens is 3. The summed E-state index contributed by atoms with van der Waals surface area (Å²) in [5, 5.41) is 5.10. The van der Waals surface area contributed by atoms with Crippen LogP contribution in [0, 0.1) is 6.92 Å². The van der Waals surface area contributed by atoms with Crippen LogP contribution in [0.3, 0.4) is 0 Å². The molecule has 0 radical (unpaired) electrons. The highest BCUT2D eigenvalue weighted by Gasteiger charge is 2.29. The van der Waals surface area contributed by atoms with Gasteiger partial charge in [0.1, 0.15) is 5.82 Å². The van der Waals surface area contributed by atoms with Gasteiger partial charge in [-0.25, -0.2) is 9.48 Å². The zero-order chi connectivity index (χ0) is 17.9. The second-order valence-electron chi connectivity index (χ2n) is 5.04. The number of benzene rings is 1. The molecule has 0 unspecified atom stereocenters. The average molecular weight is 343 g/mol. The van der Waals surface area contributed by atoms with Crippen LogP contribution in [0.4, 0.5) is 23.8 Å². The summed E-state index contributed by atoms with van der Waals surface area (Å²) < 4.78 is 43.5. The fraction of sp³-hybridized carbons (Fsp3) is 0.333. The molecule has 9 heteroatoms. The molecule has 0 aliphatic carbocycles. The molecule has 1 aromatic carbocycles. The van der Waals surface area contributed by atoms with Crippen LogP contribution in [0.15, 0.2) is 29.1 Å². The van der Waals surface area contributed by atoms with Crippen molar-refractivity contribution >= 4 is 11.9 Å². The van der Waals surface area contributed by atoms with E-state index in [1.54, 1.807) is 6.92 Å². The number of hydrogen-bond donors (Lipinski definition) is 2. The molecule has 0 saturated carbocycles. The molecular formula is C15H16F3N3O3. The van der Waals surface area contributed by atoms with Crippen LogP contribution in [-0.4, -0.2) is 22.5 Å². The second-order valence-corrected chi connectivity index (χ2v) is 5.04. The molecule has 0 spiro atoms. The fourth-order valence-corrected chi connectivity index (χ4v) is 2.06. The van der Waals surface area contributed by atoms with Gasteiger partial charge in [0.2, 0.25) is 0 Å². The van der Waals surface area contributed by atoms with E-state index in [1.165, 1.54) is 23.7 Å². The van der Waals surface area contributed by atoms with E-state index in [0.29, 0.717) is 5.56 Å². The van der Waals surface area contributed by atoms with Gasteiger partial charge in [-0.2, -0.15) is 13.2 Å². The van der Waals surface area contributed by atoms with Crippen molar-refractivity contribution in [1.82, 2.24) is 9.78 Å². The molecule has 1 amide bonds. The highest BCUT2D eigenvalue weighted by Crippen LogP contribution is 2.29. The Morgan fingerprint density at radius 1 is 1.29 bits per heavy atom. The Balaban J connectivity index is 2.18. The summed E-state index contributed by atoms with van der Waals surface area (Å²) in [4.78, 5) is 23.5. The lowest BCUT2D eigenvalue weighted by molar-refractivity contribution is -0.137. The molecule has 0 aliphatic rings. The lowest BCUT2D eigenvalue weighted by atomic mass is 10.1. The van der Waals surface area contributed by atoms with E-state index >= 15 is 0 Å². The largest absolute Gasteiger partial charge is 0.450 e. The quantitative estimate of drug-likeness (QED) is 0.895.